The summed E-state index contributed by atoms with van der Waals surface area (Å²) in [5.74, 6) is 0. The molecule has 0 atom stereocenters. The van der Waals surface area contributed by atoms with E-state index in [1.807, 2.05) is 0 Å². The van der Waals surface area contributed by atoms with Crippen LogP contribution in [0.1, 0.15) is 1.37 Å². The summed E-state index contributed by atoms with van der Waals surface area (Å²) in [6, 6.07) is 0. The van der Waals surface area contributed by atoms with Crippen LogP contribution in [-0.4, -0.2) is 33.1 Å². The molecular formula is C3H9NO2S. The Balaban J connectivity index is 4.17. The summed E-state index contributed by atoms with van der Waals surface area (Å²) in [4.78, 5) is 0. The smallest absolute Gasteiger partial charge is 0.210 e. The van der Waals surface area contributed by atoms with Crippen molar-refractivity contribution in [3.05, 3.63) is 0 Å². The molecule has 0 aromatic heterocycles. The molecular weight excluding hydrogens is 114 g/mol. The molecule has 0 saturated heterocycles. The molecule has 0 saturated carbocycles. The van der Waals surface area contributed by atoms with Crippen molar-refractivity contribution in [2.75, 3.05) is 20.3 Å². The van der Waals surface area contributed by atoms with Gasteiger partial charge in [-0.3, -0.25) is 0 Å². The first-order valence-electron chi connectivity index (χ1n) is 2.41. The van der Waals surface area contributed by atoms with Crippen molar-refractivity contribution in [3.63, 3.8) is 0 Å². The van der Waals surface area contributed by atoms with Crippen LogP contribution in [0.2, 0.25) is 0 Å². The summed E-state index contributed by atoms with van der Waals surface area (Å²) >= 11 is 0. The van der Waals surface area contributed by atoms with Crippen molar-refractivity contribution in [3.8, 4) is 0 Å². The van der Waals surface area contributed by atoms with Crippen LogP contribution in [0.3, 0.4) is 0 Å². The number of hydrogen-bond acceptors (Lipinski definition) is 2. The van der Waals surface area contributed by atoms with E-state index in [1.54, 1.807) is 0 Å². The van der Waals surface area contributed by atoms with E-state index in [-0.39, 0.29) is 0 Å². The Kier molecular flexibility index (Phi) is 1.30. The van der Waals surface area contributed by atoms with E-state index >= 15 is 0 Å². The molecule has 0 aromatic carbocycles. The fourth-order valence-corrected chi connectivity index (χ4v) is 0. The fourth-order valence-electron chi connectivity index (χ4n) is 0. The highest BCUT2D eigenvalue weighted by molar-refractivity contribution is 7.88. The third kappa shape index (κ3) is 2.59. The maximum atomic E-state index is 10.4. The van der Waals surface area contributed by atoms with Crippen LogP contribution in [-0.2, 0) is 10.0 Å². The summed E-state index contributed by atoms with van der Waals surface area (Å²) in [6.45, 7) is 0. The van der Waals surface area contributed by atoms with Crippen molar-refractivity contribution in [2.24, 2.45) is 0 Å². The fraction of sp³-hybridized carbons (Fsp3) is 1.00. The van der Waals surface area contributed by atoms with Crippen molar-refractivity contribution in [1.29, 1.82) is 0 Å². The van der Waals surface area contributed by atoms with Crippen LogP contribution in [0.5, 0.6) is 0 Å². The number of hydrogen-bond donors (Lipinski definition) is 0. The van der Waals surface area contributed by atoms with Gasteiger partial charge in [0.15, 0.2) is 0 Å². The largest absolute Gasteiger partial charge is 0.213 e. The molecule has 0 aliphatic heterocycles. The molecule has 0 heterocycles. The van der Waals surface area contributed by atoms with Gasteiger partial charge < -0.3 is 0 Å². The van der Waals surface area contributed by atoms with Gasteiger partial charge >= 0.3 is 0 Å². The van der Waals surface area contributed by atoms with E-state index in [4.69, 9.17) is 1.37 Å². The van der Waals surface area contributed by atoms with Gasteiger partial charge in [0, 0.05) is 15.5 Å². The highest BCUT2D eigenvalue weighted by atomic mass is 32.2. The topological polar surface area (TPSA) is 37.4 Å². The van der Waals surface area contributed by atoms with E-state index in [0.29, 0.717) is 0 Å². The second-order valence-electron chi connectivity index (χ2n) is 1.39. The molecule has 4 heteroatoms. The highest BCUT2D eigenvalue weighted by Gasteiger charge is 2.00. The van der Waals surface area contributed by atoms with Gasteiger partial charge in [0.2, 0.25) is 10.0 Å². The number of rotatable bonds is 1. The molecule has 0 radical (unpaired) electrons. The first-order valence-corrected chi connectivity index (χ1v) is 3.31. The third-order valence-electron chi connectivity index (χ3n) is 0.556. The molecule has 0 N–H and O–H groups in total. The molecule has 0 aliphatic rings. The van der Waals surface area contributed by atoms with E-state index in [0.717, 1.165) is 4.31 Å². The van der Waals surface area contributed by atoms with Gasteiger partial charge in [-0.2, -0.15) is 0 Å². The van der Waals surface area contributed by atoms with Crippen molar-refractivity contribution >= 4 is 10.0 Å². The maximum Gasteiger partial charge on any atom is 0.210 e. The average Bonchev–Trinajstić information content (AvgIpc) is 1.67. The molecule has 0 bridgehead atoms. The van der Waals surface area contributed by atoms with Gasteiger partial charge in [-0.05, 0) is 0 Å². The van der Waals surface area contributed by atoms with Crippen molar-refractivity contribution < 1.29 is 9.79 Å². The molecule has 0 unspecified atom stereocenters. The van der Waals surface area contributed by atoms with E-state index in [9.17, 15) is 8.42 Å². The first-order chi connectivity index (χ1) is 3.50. The van der Waals surface area contributed by atoms with Crippen LogP contribution in [0, 0.1) is 0 Å². The Labute approximate surface area is 45.4 Å². The molecule has 44 valence electrons. The zero-order valence-electron chi connectivity index (χ0n) is 5.38. The van der Waals surface area contributed by atoms with Crippen LogP contribution < -0.4 is 0 Å². The third-order valence-corrected chi connectivity index (χ3v) is 1.67. The van der Waals surface area contributed by atoms with Crippen LogP contribution in [0.4, 0.5) is 0 Å². The minimum absolute atomic E-state index is 0.569. The predicted octanol–water partition coefficient (Wildman–Crippen LogP) is -0.492. The van der Waals surface area contributed by atoms with Gasteiger partial charge in [-0.1, -0.05) is 0 Å². The van der Waals surface area contributed by atoms with Crippen molar-refractivity contribution in [1.82, 2.24) is 4.31 Å². The van der Waals surface area contributed by atoms with Gasteiger partial charge in [-0.15, -0.1) is 0 Å². The normalized spacial score (nSPS) is 14.4. The molecule has 0 aromatic rings. The lowest BCUT2D eigenvalue weighted by Gasteiger charge is -2.02. The molecule has 0 rings (SSSR count). The summed E-state index contributed by atoms with van der Waals surface area (Å²) in [5.41, 5.74) is 0. The zero-order valence-corrected chi connectivity index (χ0v) is 5.20. The van der Waals surface area contributed by atoms with Gasteiger partial charge in [0.25, 0.3) is 0 Å². The quantitative estimate of drug-likeness (QED) is 0.473. The van der Waals surface area contributed by atoms with Gasteiger partial charge in [-0.25, -0.2) is 12.7 Å². The second-order valence-corrected chi connectivity index (χ2v) is 3.29. The lowest BCUT2D eigenvalue weighted by atomic mass is 11.3. The lowest BCUT2D eigenvalue weighted by Crippen LogP contribution is -2.19. The zero-order chi connectivity index (χ0) is 6.78. The SMILES string of the molecule is [2H]CS(=O)(=O)N(C)C. The molecule has 0 amide bonds. The summed E-state index contributed by atoms with van der Waals surface area (Å²) in [7, 11) is -0.423. The molecule has 0 spiro atoms. The average molecular weight is 124 g/mol. The standard InChI is InChI=1S/C3H9NO2S/c1-4(2)7(3,5)6/h1-3H3/i3D. The predicted molar refractivity (Wildman–Crippen MR) is 28.5 cm³/mol. The Bertz CT molecular complexity index is 151. The summed E-state index contributed by atoms with van der Waals surface area (Å²) in [5, 5.41) is 0. The minimum atomic E-state index is -3.24. The van der Waals surface area contributed by atoms with E-state index in [1.165, 1.54) is 14.1 Å². The number of nitrogens with zero attached hydrogens (tertiary/aromatic N) is 1. The number of sulfonamides is 1. The maximum absolute atomic E-state index is 10.4. The Hall–Kier alpha value is -0.0900. The monoisotopic (exact) mass is 124 g/mol. The highest BCUT2D eigenvalue weighted by Crippen LogP contribution is 1.82. The van der Waals surface area contributed by atoms with Crippen LogP contribution >= 0.6 is 0 Å². The molecule has 3 nitrogen and oxygen atoms in total. The Morgan fingerprint density at radius 1 is 1.57 bits per heavy atom. The first kappa shape index (κ1) is 5.05. The lowest BCUT2D eigenvalue weighted by molar-refractivity contribution is 0.527. The molecule has 7 heavy (non-hydrogen) atoms. The van der Waals surface area contributed by atoms with Gasteiger partial charge in [0.1, 0.15) is 0 Å². The Morgan fingerprint density at radius 2 is 2.00 bits per heavy atom. The van der Waals surface area contributed by atoms with Crippen molar-refractivity contribution in [2.45, 2.75) is 0 Å². The van der Waals surface area contributed by atoms with Crippen LogP contribution in [0.15, 0.2) is 0 Å². The Morgan fingerprint density at radius 3 is 2.00 bits per heavy atom. The van der Waals surface area contributed by atoms with Gasteiger partial charge in [0.05, 0.1) is 6.23 Å². The van der Waals surface area contributed by atoms with E-state index < -0.39 is 16.3 Å². The molecule has 0 aliphatic carbocycles. The van der Waals surface area contributed by atoms with E-state index in [2.05, 4.69) is 0 Å². The summed E-state index contributed by atoms with van der Waals surface area (Å²) < 4.78 is 28.4. The van der Waals surface area contributed by atoms with Crippen LogP contribution in [0.25, 0.3) is 0 Å². The summed E-state index contributed by atoms with van der Waals surface area (Å²) in [6.07, 6.45) is -0.569. The minimum Gasteiger partial charge on any atom is -0.213 e. The molecule has 0 fully saturated rings. The second kappa shape index (κ2) is 1.79.